The summed E-state index contributed by atoms with van der Waals surface area (Å²) in [6, 6.07) is 8.23. The van der Waals surface area contributed by atoms with Crippen LogP contribution in [0.15, 0.2) is 24.3 Å². The molecule has 1 heterocycles. The molecule has 0 spiro atoms. The molecule has 1 saturated carbocycles. The standard InChI is InChI=1S/C17H24N2O/c1-19(12-13-6-2-3-7-13)17(20)15-10-11-18-16-9-5-4-8-14(15)16/h4-5,8-9,13,15,18H,2-3,6-7,10-12H2,1H3. The van der Waals surface area contributed by atoms with Gasteiger partial charge in [-0.1, -0.05) is 31.0 Å². The van der Waals surface area contributed by atoms with E-state index in [-0.39, 0.29) is 5.92 Å². The van der Waals surface area contributed by atoms with Crippen LogP contribution in [0.25, 0.3) is 0 Å². The summed E-state index contributed by atoms with van der Waals surface area (Å²) < 4.78 is 0. The molecule has 0 radical (unpaired) electrons. The SMILES string of the molecule is CN(CC1CCCC1)C(=O)C1CCNc2ccccc21. The lowest BCUT2D eigenvalue weighted by Crippen LogP contribution is -2.37. The molecule has 3 nitrogen and oxygen atoms in total. The minimum absolute atomic E-state index is 0.0406. The molecule has 3 rings (SSSR count). The first-order chi connectivity index (χ1) is 9.75. The van der Waals surface area contributed by atoms with Gasteiger partial charge in [0, 0.05) is 25.8 Å². The molecule has 20 heavy (non-hydrogen) atoms. The Bertz CT molecular complexity index is 480. The molecule has 1 unspecified atom stereocenters. The first kappa shape index (κ1) is 13.5. The predicted molar refractivity (Wildman–Crippen MR) is 81.9 cm³/mol. The van der Waals surface area contributed by atoms with Crippen LogP contribution in [0, 0.1) is 5.92 Å². The first-order valence-corrected chi connectivity index (χ1v) is 7.83. The van der Waals surface area contributed by atoms with Gasteiger partial charge < -0.3 is 10.2 Å². The molecule has 1 amide bonds. The van der Waals surface area contributed by atoms with Crippen LogP contribution >= 0.6 is 0 Å². The molecule has 1 fully saturated rings. The maximum atomic E-state index is 12.7. The van der Waals surface area contributed by atoms with E-state index >= 15 is 0 Å². The van der Waals surface area contributed by atoms with Gasteiger partial charge in [0.1, 0.15) is 0 Å². The molecular formula is C17H24N2O. The van der Waals surface area contributed by atoms with Gasteiger partial charge in [0.25, 0.3) is 0 Å². The normalized spacial score (nSPS) is 22.1. The van der Waals surface area contributed by atoms with Crippen molar-refractivity contribution >= 4 is 11.6 Å². The van der Waals surface area contributed by atoms with Crippen molar-refractivity contribution in [3.63, 3.8) is 0 Å². The third kappa shape index (κ3) is 2.67. The van der Waals surface area contributed by atoms with E-state index in [0.717, 1.165) is 31.1 Å². The number of nitrogens with one attached hydrogen (secondary N) is 1. The van der Waals surface area contributed by atoms with Gasteiger partial charge in [0.2, 0.25) is 5.91 Å². The number of amides is 1. The van der Waals surface area contributed by atoms with Crippen molar-refractivity contribution in [2.75, 3.05) is 25.5 Å². The van der Waals surface area contributed by atoms with Gasteiger partial charge in [-0.25, -0.2) is 0 Å². The van der Waals surface area contributed by atoms with Crippen LogP contribution in [-0.2, 0) is 4.79 Å². The van der Waals surface area contributed by atoms with Gasteiger partial charge in [-0.2, -0.15) is 0 Å². The van der Waals surface area contributed by atoms with Gasteiger partial charge in [-0.15, -0.1) is 0 Å². The highest BCUT2D eigenvalue weighted by Crippen LogP contribution is 2.33. The van der Waals surface area contributed by atoms with Gasteiger partial charge in [-0.05, 0) is 36.8 Å². The first-order valence-electron chi connectivity index (χ1n) is 7.83. The predicted octanol–water partition coefficient (Wildman–Crippen LogP) is 3.23. The van der Waals surface area contributed by atoms with Crippen LogP contribution in [-0.4, -0.2) is 30.9 Å². The van der Waals surface area contributed by atoms with Crippen molar-refractivity contribution in [3.8, 4) is 0 Å². The van der Waals surface area contributed by atoms with Gasteiger partial charge in [0.15, 0.2) is 0 Å². The topological polar surface area (TPSA) is 32.3 Å². The summed E-state index contributed by atoms with van der Waals surface area (Å²) in [5.74, 6) is 1.06. The largest absolute Gasteiger partial charge is 0.385 e. The van der Waals surface area contributed by atoms with E-state index in [4.69, 9.17) is 0 Å². The monoisotopic (exact) mass is 272 g/mol. The maximum Gasteiger partial charge on any atom is 0.230 e. The maximum absolute atomic E-state index is 12.7. The molecule has 1 aromatic carbocycles. The number of fused-ring (bicyclic) bond motifs is 1. The van der Waals surface area contributed by atoms with Crippen LogP contribution in [0.3, 0.4) is 0 Å². The minimum atomic E-state index is 0.0406. The second kappa shape index (κ2) is 5.86. The number of para-hydroxylation sites is 1. The Morgan fingerprint density at radius 1 is 1.25 bits per heavy atom. The Labute approximate surface area is 121 Å². The molecule has 2 aliphatic rings. The number of carbonyl (C=O) groups is 1. The Kier molecular flexibility index (Phi) is 3.95. The van der Waals surface area contributed by atoms with E-state index in [9.17, 15) is 4.79 Å². The van der Waals surface area contributed by atoms with Crippen molar-refractivity contribution in [1.82, 2.24) is 4.90 Å². The summed E-state index contributed by atoms with van der Waals surface area (Å²) in [6.45, 7) is 1.83. The summed E-state index contributed by atoms with van der Waals surface area (Å²) in [4.78, 5) is 14.7. The average Bonchev–Trinajstić information content (AvgIpc) is 2.99. The van der Waals surface area contributed by atoms with E-state index < -0.39 is 0 Å². The van der Waals surface area contributed by atoms with Crippen LogP contribution in [0.4, 0.5) is 5.69 Å². The smallest absolute Gasteiger partial charge is 0.230 e. The van der Waals surface area contributed by atoms with Gasteiger partial charge in [0.05, 0.1) is 5.92 Å². The second-order valence-electron chi connectivity index (χ2n) is 6.22. The van der Waals surface area contributed by atoms with E-state index in [1.54, 1.807) is 0 Å². The lowest BCUT2D eigenvalue weighted by atomic mass is 9.89. The van der Waals surface area contributed by atoms with Gasteiger partial charge >= 0.3 is 0 Å². The average molecular weight is 272 g/mol. The Balaban J connectivity index is 1.70. The lowest BCUT2D eigenvalue weighted by molar-refractivity contribution is -0.132. The Morgan fingerprint density at radius 2 is 2.00 bits per heavy atom. The fraction of sp³-hybridized carbons (Fsp3) is 0.588. The summed E-state index contributed by atoms with van der Waals surface area (Å²) in [5, 5.41) is 3.39. The molecule has 1 aromatic rings. The number of likely N-dealkylation sites (N-methyl/N-ethyl adjacent to an activating group) is 1. The van der Waals surface area contributed by atoms with E-state index in [1.165, 1.54) is 31.2 Å². The molecule has 108 valence electrons. The fourth-order valence-electron chi connectivity index (χ4n) is 3.66. The third-order valence-electron chi connectivity index (χ3n) is 4.77. The summed E-state index contributed by atoms with van der Waals surface area (Å²) in [6.07, 6.45) is 6.16. The molecule has 0 bridgehead atoms. The van der Waals surface area contributed by atoms with E-state index in [2.05, 4.69) is 17.4 Å². The third-order valence-corrected chi connectivity index (χ3v) is 4.77. The molecule has 1 atom stereocenters. The van der Waals surface area contributed by atoms with Crippen LogP contribution in [0.2, 0.25) is 0 Å². The zero-order valence-corrected chi connectivity index (χ0v) is 12.3. The number of carbonyl (C=O) groups excluding carboxylic acids is 1. The van der Waals surface area contributed by atoms with Crippen molar-refractivity contribution in [1.29, 1.82) is 0 Å². The zero-order valence-electron chi connectivity index (χ0n) is 12.3. The zero-order chi connectivity index (χ0) is 13.9. The molecule has 0 aromatic heterocycles. The van der Waals surface area contributed by atoms with Crippen LogP contribution < -0.4 is 5.32 Å². The van der Waals surface area contributed by atoms with E-state index in [1.807, 2.05) is 24.1 Å². The lowest BCUT2D eigenvalue weighted by Gasteiger charge is -2.30. The summed E-state index contributed by atoms with van der Waals surface area (Å²) in [7, 11) is 1.98. The molecule has 1 aliphatic carbocycles. The van der Waals surface area contributed by atoms with Crippen molar-refractivity contribution < 1.29 is 4.79 Å². The van der Waals surface area contributed by atoms with Crippen LogP contribution in [0.5, 0.6) is 0 Å². The molecule has 3 heteroatoms. The molecule has 1 N–H and O–H groups in total. The van der Waals surface area contributed by atoms with Gasteiger partial charge in [-0.3, -0.25) is 4.79 Å². The number of benzene rings is 1. The number of hydrogen-bond donors (Lipinski definition) is 1. The molecule has 1 aliphatic heterocycles. The van der Waals surface area contributed by atoms with Crippen molar-refractivity contribution in [2.45, 2.75) is 38.0 Å². The summed E-state index contributed by atoms with van der Waals surface area (Å²) in [5.41, 5.74) is 2.30. The molecule has 0 saturated heterocycles. The second-order valence-corrected chi connectivity index (χ2v) is 6.22. The minimum Gasteiger partial charge on any atom is -0.385 e. The van der Waals surface area contributed by atoms with Crippen LogP contribution in [0.1, 0.15) is 43.6 Å². The Morgan fingerprint density at radius 3 is 2.80 bits per heavy atom. The number of anilines is 1. The highest BCUT2D eigenvalue weighted by Gasteiger charge is 2.29. The number of hydrogen-bond acceptors (Lipinski definition) is 2. The highest BCUT2D eigenvalue weighted by molar-refractivity contribution is 5.86. The quantitative estimate of drug-likeness (QED) is 0.916. The van der Waals surface area contributed by atoms with Crippen molar-refractivity contribution in [2.24, 2.45) is 5.92 Å². The van der Waals surface area contributed by atoms with Crippen molar-refractivity contribution in [3.05, 3.63) is 29.8 Å². The molecular weight excluding hydrogens is 248 g/mol. The van der Waals surface area contributed by atoms with E-state index in [0.29, 0.717) is 5.91 Å². The number of nitrogens with zero attached hydrogens (tertiary/aromatic N) is 1. The Hall–Kier alpha value is -1.51. The number of rotatable bonds is 3. The fourth-order valence-corrected chi connectivity index (χ4v) is 3.66. The highest BCUT2D eigenvalue weighted by atomic mass is 16.2. The summed E-state index contributed by atoms with van der Waals surface area (Å²) >= 11 is 0.